The second kappa shape index (κ2) is 6.96. The van der Waals surface area contributed by atoms with Crippen LogP contribution >= 0.6 is 46.3 Å². The number of thiazole rings is 1. The largest absolute Gasteiger partial charge is 0.260 e. The van der Waals surface area contributed by atoms with Crippen LogP contribution in [0.5, 0.6) is 0 Å². The van der Waals surface area contributed by atoms with Gasteiger partial charge in [0.2, 0.25) is 4.96 Å². The molecule has 0 unspecified atom stereocenters. The van der Waals surface area contributed by atoms with Crippen LogP contribution in [0.4, 0.5) is 4.39 Å². The Morgan fingerprint density at radius 3 is 2.68 bits per heavy atom. The third kappa shape index (κ3) is 3.40. The minimum absolute atomic E-state index is 0.241. The third-order valence-electron chi connectivity index (χ3n) is 3.61. The highest BCUT2D eigenvalue weighted by atomic mass is 35.5. The lowest BCUT2D eigenvalue weighted by Gasteiger charge is -2.06. The molecule has 0 spiro atoms. The van der Waals surface area contributed by atoms with E-state index in [1.807, 2.05) is 15.8 Å². The van der Waals surface area contributed by atoms with E-state index in [9.17, 15) is 4.39 Å². The van der Waals surface area contributed by atoms with Gasteiger partial charge in [-0.1, -0.05) is 47.1 Å². The lowest BCUT2D eigenvalue weighted by molar-refractivity contribution is 0.627. The topological polar surface area (TPSA) is 30.2 Å². The van der Waals surface area contributed by atoms with Gasteiger partial charge in [0.1, 0.15) is 5.82 Å². The number of hydrogen-bond donors (Lipinski definition) is 0. The summed E-state index contributed by atoms with van der Waals surface area (Å²) in [6, 6.07) is 11.8. The molecule has 2 aromatic carbocycles. The molecule has 0 amide bonds. The van der Waals surface area contributed by atoms with Crippen molar-refractivity contribution in [3.63, 3.8) is 0 Å². The Kier molecular flexibility index (Phi) is 4.69. The highest BCUT2D eigenvalue weighted by Gasteiger charge is 2.16. The second-order valence-electron chi connectivity index (χ2n) is 5.26. The summed E-state index contributed by atoms with van der Waals surface area (Å²) >= 11 is 15.5. The summed E-state index contributed by atoms with van der Waals surface area (Å²) in [4.78, 5) is 0.785. The van der Waals surface area contributed by atoms with Crippen molar-refractivity contribution in [2.75, 3.05) is 0 Å². The van der Waals surface area contributed by atoms with Crippen LogP contribution in [0.15, 0.2) is 53.0 Å². The molecule has 4 aromatic rings. The van der Waals surface area contributed by atoms with Gasteiger partial charge in [0.25, 0.3) is 0 Å². The molecule has 4 rings (SSSR count). The van der Waals surface area contributed by atoms with Gasteiger partial charge in [-0.05, 0) is 35.9 Å². The Labute approximate surface area is 161 Å². The summed E-state index contributed by atoms with van der Waals surface area (Å²) in [5.74, 6) is 0.425. The highest BCUT2D eigenvalue weighted by Crippen LogP contribution is 2.35. The molecule has 0 aliphatic carbocycles. The van der Waals surface area contributed by atoms with Gasteiger partial charge in [0, 0.05) is 21.7 Å². The minimum Gasteiger partial charge on any atom is -0.260 e. The molecule has 0 saturated heterocycles. The number of nitrogens with zero attached hydrogens (tertiary/aromatic N) is 3. The summed E-state index contributed by atoms with van der Waals surface area (Å²) in [6.07, 6.45) is 0. The van der Waals surface area contributed by atoms with Gasteiger partial charge in [0.05, 0.1) is 10.7 Å². The summed E-state index contributed by atoms with van der Waals surface area (Å²) in [5.41, 5.74) is 2.75. The zero-order valence-electron chi connectivity index (χ0n) is 12.6. The standard InChI is InChI=1S/C17H10Cl2FN3S2/c18-11-3-6-14(19)13(7-11)15-9-25-17-22-21-16(23(15)17)24-8-10-1-4-12(20)5-2-10/h1-7,9H,8H2. The monoisotopic (exact) mass is 409 g/mol. The zero-order chi connectivity index (χ0) is 17.4. The Hall–Kier alpha value is -1.60. The molecule has 0 aliphatic heterocycles. The Bertz CT molecular complexity index is 1040. The first kappa shape index (κ1) is 16.8. The number of hydrogen-bond acceptors (Lipinski definition) is 4. The maximum absolute atomic E-state index is 13.0. The average molecular weight is 410 g/mol. The molecule has 0 N–H and O–H groups in total. The molecule has 0 radical (unpaired) electrons. The van der Waals surface area contributed by atoms with Crippen molar-refractivity contribution in [1.82, 2.24) is 14.6 Å². The molecule has 0 fully saturated rings. The smallest absolute Gasteiger partial charge is 0.217 e. The predicted octanol–water partition coefficient (Wildman–Crippen LogP) is 6.20. The van der Waals surface area contributed by atoms with Crippen LogP contribution in [0.2, 0.25) is 10.0 Å². The molecular weight excluding hydrogens is 400 g/mol. The van der Waals surface area contributed by atoms with E-state index in [2.05, 4.69) is 10.2 Å². The van der Waals surface area contributed by atoms with E-state index in [0.717, 1.165) is 26.9 Å². The summed E-state index contributed by atoms with van der Waals surface area (Å²) in [6.45, 7) is 0. The van der Waals surface area contributed by atoms with E-state index in [1.54, 1.807) is 24.3 Å². The lowest BCUT2D eigenvalue weighted by atomic mass is 10.2. The summed E-state index contributed by atoms with van der Waals surface area (Å²) < 4.78 is 15.0. The molecular formula is C17H10Cl2FN3S2. The summed E-state index contributed by atoms with van der Waals surface area (Å²) in [7, 11) is 0. The average Bonchev–Trinajstić information content (AvgIpc) is 3.19. The molecule has 0 bridgehead atoms. The Morgan fingerprint density at radius 2 is 1.88 bits per heavy atom. The molecule has 2 heterocycles. The molecule has 0 atom stereocenters. The Morgan fingerprint density at radius 1 is 1.08 bits per heavy atom. The normalized spacial score (nSPS) is 11.3. The van der Waals surface area contributed by atoms with E-state index in [0.29, 0.717) is 15.8 Å². The van der Waals surface area contributed by atoms with E-state index >= 15 is 0 Å². The molecule has 0 aliphatic rings. The molecule has 25 heavy (non-hydrogen) atoms. The van der Waals surface area contributed by atoms with Crippen LogP contribution in [0.25, 0.3) is 16.2 Å². The van der Waals surface area contributed by atoms with Gasteiger partial charge >= 0.3 is 0 Å². The van der Waals surface area contributed by atoms with Crippen molar-refractivity contribution in [1.29, 1.82) is 0 Å². The first-order valence-electron chi connectivity index (χ1n) is 7.27. The second-order valence-corrected chi connectivity index (χ2v) is 7.88. The van der Waals surface area contributed by atoms with Crippen molar-refractivity contribution >= 4 is 51.3 Å². The number of thioether (sulfide) groups is 1. The molecule has 126 valence electrons. The number of halogens is 3. The fourth-order valence-corrected chi connectivity index (χ4v) is 4.57. The van der Waals surface area contributed by atoms with Gasteiger partial charge in [-0.2, -0.15) is 0 Å². The highest BCUT2D eigenvalue weighted by molar-refractivity contribution is 7.98. The van der Waals surface area contributed by atoms with Gasteiger partial charge in [0.15, 0.2) is 5.16 Å². The van der Waals surface area contributed by atoms with Gasteiger partial charge in [-0.15, -0.1) is 21.5 Å². The first-order chi connectivity index (χ1) is 12.1. The minimum atomic E-state index is -0.241. The summed E-state index contributed by atoms with van der Waals surface area (Å²) in [5, 5.41) is 12.5. The SMILES string of the molecule is Fc1ccc(CSc2nnc3scc(-c4cc(Cl)ccc4Cl)n23)cc1. The van der Waals surface area contributed by atoms with Gasteiger partial charge < -0.3 is 0 Å². The first-order valence-corrected chi connectivity index (χ1v) is 9.89. The van der Waals surface area contributed by atoms with Crippen molar-refractivity contribution in [3.8, 4) is 11.3 Å². The van der Waals surface area contributed by atoms with Crippen molar-refractivity contribution in [2.45, 2.75) is 10.9 Å². The van der Waals surface area contributed by atoms with Crippen LogP contribution in [-0.2, 0) is 5.75 Å². The number of fused-ring (bicyclic) bond motifs is 1. The predicted molar refractivity (Wildman–Crippen MR) is 102 cm³/mol. The van der Waals surface area contributed by atoms with E-state index in [1.165, 1.54) is 35.2 Å². The molecule has 3 nitrogen and oxygen atoms in total. The fourth-order valence-electron chi connectivity index (χ4n) is 2.40. The number of benzene rings is 2. The van der Waals surface area contributed by atoms with Crippen LogP contribution in [0, 0.1) is 5.82 Å². The van der Waals surface area contributed by atoms with Crippen molar-refractivity contribution < 1.29 is 4.39 Å². The molecule has 8 heteroatoms. The van der Waals surface area contributed by atoms with Crippen LogP contribution in [-0.4, -0.2) is 14.6 Å². The van der Waals surface area contributed by atoms with Crippen LogP contribution in [0.3, 0.4) is 0 Å². The molecule has 0 saturated carbocycles. The number of aromatic nitrogens is 3. The van der Waals surface area contributed by atoms with E-state index < -0.39 is 0 Å². The van der Waals surface area contributed by atoms with Crippen LogP contribution in [0.1, 0.15) is 5.56 Å². The Balaban J connectivity index is 1.70. The molecule has 2 aromatic heterocycles. The number of rotatable bonds is 4. The fraction of sp³-hybridized carbons (Fsp3) is 0.0588. The lowest BCUT2D eigenvalue weighted by Crippen LogP contribution is -1.91. The quantitative estimate of drug-likeness (QED) is 0.376. The van der Waals surface area contributed by atoms with Crippen molar-refractivity contribution in [2.24, 2.45) is 0 Å². The van der Waals surface area contributed by atoms with Gasteiger partial charge in [-0.3, -0.25) is 4.40 Å². The zero-order valence-corrected chi connectivity index (χ0v) is 15.8. The van der Waals surface area contributed by atoms with E-state index in [4.69, 9.17) is 23.2 Å². The van der Waals surface area contributed by atoms with Crippen molar-refractivity contribution in [3.05, 3.63) is 69.3 Å². The van der Waals surface area contributed by atoms with Crippen LogP contribution < -0.4 is 0 Å². The van der Waals surface area contributed by atoms with E-state index in [-0.39, 0.29) is 5.82 Å². The maximum atomic E-state index is 13.0. The van der Waals surface area contributed by atoms with Gasteiger partial charge in [-0.25, -0.2) is 4.39 Å². The third-order valence-corrected chi connectivity index (χ3v) is 5.99. The maximum Gasteiger partial charge on any atom is 0.217 e.